The number of ether oxygens (including phenoxy) is 2. The predicted molar refractivity (Wildman–Crippen MR) is 59.8 cm³/mol. The molecule has 0 aromatic carbocycles. The summed E-state index contributed by atoms with van der Waals surface area (Å²) in [4.78, 5) is 4.23. The minimum Gasteiger partial charge on any atom is -0.356 e. The molecule has 0 aliphatic rings. The molecule has 0 unspecified atom stereocenters. The standard InChI is InChI=1S/C11H20N2O2/c1-9(2)8-13-10(7-12)5-6-11(14-3)15-4/h9,11H,5-6,8H2,1-4H3. The summed E-state index contributed by atoms with van der Waals surface area (Å²) >= 11 is 0. The van der Waals surface area contributed by atoms with Gasteiger partial charge in [-0.1, -0.05) is 13.8 Å². The summed E-state index contributed by atoms with van der Waals surface area (Å²) in [7, 11) is 3.18. The van der Waals surface area contributed by atoms with Crippen molar-refractivity contribution in [3.8, 4) is 6.07 Å². The van der Waals surface area contributed by atoms with Crippen LogP contribution in [0.25, 0.3) is 0 Å². The summed E-state index contributed by atoms with van der Waals surface area (Å²) in [6, 6.07) is 2.10. The zero-order valence-electron chi connectivity index (χ0n) is 9.99. The SMILES string of the molecule is COC(CCC(C#N)=NCC(C)C)OC. The quantitative estimate of drug-likeness (QED) is 0.479. The van der Waals surface area contributed by atoms with E-state index in [1.54, 1.807) is 14.2 Å². The van der Waals surface area contributed by atoms with Crippen LogP contribution >= 0.6 is 0 Å². The van der Waals surface area contributed by atoms with Crippen molar-refractivity contribution in [2.75, 3.05) is 20.8 Å². The number of nitriles is 1. The van der Waals surface area contributed by atoms with E-state index >= 15 is 0 Å². The minimum absolute atomic E-state index is 0.248. The average molecular weight is 212 g/mol. The molecular weight excluding hydrogens is 192 g/mol. The molecule has 0 saturated heterocycles. The smallest absolute Gasteiger partial charge is 0.157 e. The molecular formula is C11H20N2O2. The molecule has 0 saturated carbocycles. The van der Waals surface area contributed by atoms with Crippen LogP contribution in [0.15, 0.2) is 4.99 Å². The molecule has 0 aliphatic heterocycles. The van der Waals surface area contributed by atoms with Crippen molar-refractivity contribution in [1.82, 2.24) is 0 Å². The van der Waals surface area contributed by atoms with Crippen LogP contribution in [0.5, 0.6) is 0 Å². The third-order valence-electron chi connectivity index (χ3n) is 1.92. The molecule has 0 bridgehead atoms. The van der Waals surface area contributed by atoms with Crippen LogP contribution in [0.1, 0.15) is 26.7 Å². The molecule has 0 aromatic heterocycles. The molecule has 0 rings (SSSR count). The molecule has 0 amide bonds. The molecule has 0 heterocycles. The number of rotatable bonds is 7. The van der Waals surface area contributed by atoms with E-state index in [1.165, 1.54) is 0 Å². The van der Waals surface area contributed by atoms with Gasteiger partial charge in [0.15, 0.2) is 6.29 Å². The summed E-state index contributed by atoms with van der Waals surface area (Å²) in [5.41, 5.74) is 0.572. The van der Waals surface area contributed by atoms with Crippen LogP contribution in [-0.2, 0) is 9.47 Å². The third-order valence-corrected chi connectivity index (χ3v) is 1.92. The Morgan fingerprint density at radius 3 is 2.33 bits per heavy atom. The Morgan fingerprint density at radius 1 is 1.33 bits per heavy atom. The Balaban J connectivity index is 4.00. The van der Waals surface area contributed by atoms with Crippen LogP contribution in [0, 0.1) is 17.2 Å². The summed E-state index contributed by atoms with van der Waals surface area (Å²) < 4.78 is 10.1. The van der Waals surface area contributed by atoms with E-state index in [2.05, 4.69) is 24.9 Å². The fraction of sp³-hybridized carbons (Fsp3) is 0.818. The topological polar surface area (TPSA) is 54.6 Å². The normalized spacial score (nSPS) is 12.2. The first kappa shape index (κ1) is 14.1. The van der Waals surface area contributed by atoms with E-state index < -0.39 is 0 Å². The van der Waals surface area contributed by atoms with Crippen molar-refractivity contribution in [1.29, 1.82) is 5.26 Å². The van der Waals surface area contributed by atoms with Crippen LogP contribution < -0.4 is 0 Å². The second-order valence-corrected chi connectivity index (χ2v) is 3.73. The van der Waals surface area contributed by atoms with Gasteiger partial charge in [-0.3, -0.25) is 4.99 Å². The van der Waals surface area contributed by atoms with Crippen LogP contribution in [0.2, 0.25) is 0 Å². The molecule has 86 valence electrons. The Bertz CT molecular complexity index is 227. The highest BCUT2D eigenvalue weighted by molar-refractivity contribution is 5.98. The van der Waals surface area contributed by atoms with Gasteiger partial charge in [-0.05, 0) is 5.92 Å². The lowest BCUT2D eigenvalue weighted by molar-refractivity contribution is -0.104. The second-order valence-electron chi connectivity index (χ2n) is 3.73. The summed E-state index contributed by atoms with van der Waals surface area (Å²) in [5, 5.41) is 8.83. The Hall–Kier alpha value is -0.920. The van der Waals surface area contributed by atoms with E-state index in [-0.39, 0.29) is 6.29 Å². The molecule has 0 fully saturated rings. The number of methoxy groups -OCH3 is 2. The molecule has 0 aliphatic carbocycles. The van der Waals surface area contributed by atoms with Gasteiger partial charge in [0, 0.05) is 33.6 Å². The van der Waals surface area contributed by atoms with Crippen LogP contribution in [0.4, 0.5) is 0 Å². The molecule has 0 atom stereocenters. The van der Waals surface area contributed by atoms with Gasteiger partial charge in [0.1, 0.15) is 11.8 Å². The monoisotopic (exact) mass is 212 g/mol. The highest BCUT2D eigenvalue weighted by Gasteiger charge is 2.07. The number of hydrogen-bond donors (Lipinski definition) is 0. The summed E-state index contributed by atoms with van der Waals surface area (Å²) in [5.74, 6) is 0.481. The first-order valence-electron chi connectivity index (χ1n) is 5.13. The molecule has 15 heavy (non-hydrogen) atoms. The van der Waals surface area contributed by atoms with Crippen molar-refractivity contribution in [2.45, 2.75) is 33.0 Å². The van der Waals surface area contributed by atoms with Crippen LogP contribution in [0.3, 0.4) is 0 Å². The van der Waals surface area contributed by atoms with Gasteiger partial charge in [0.05, 0.1) is 0 Å². The lowest BCUT2D eigenvalue weighted by Crippen LogP contribution is -2.14. The molecule has 0 N–H and O–H groups in total. The van der Waals surface area contributed by atoms with Gasteiger partial charge in [-0.15, -0.1) is 0 Å². The van der Waals surface area contributed by atoms with Gasteiger partial charge in [0.2, 0.25) is 0 Å². The first-order chi connectivity index (χ1) is 7.13. The van der Waals surface area contributed by atoms with Crippen molar-refractivity contribution < 1.29 is 9.47 Å². The molecule has 4 heteroatoms. The lowest BCUT2D eigenvalue weighted by Gasteiger charge is -2.12. The minimum atomic E-state index is -0.248. The summed E-state index contributed by atoms with van der Waals surface area (Å²) in [6.07, 6.45) is 1.02. The maximum Gasteiger partial charge on any atom is 0.157 e. The molecule has 4 nitrogen and oxygen atoms in total. The molecule has 0 spiro atoms. The third kappa shape index (κ3) is 7.06. The van der Waals surface area contributed by atoms with Crippen molar-refractivity contribution >= 4 is 5.71 Å². The second kappa shape index (κ2) is 8.39. The molecule has 0 radical (unpaired) electrons. The fourth-order valence-corrected chi connectivity index (χ4v) is 1.05. The maximum atomic E-state index is 8.83. The van der Waals surface area contributed by atoms with Gasteiger partial charge in [-0.25, -0.2) is 0 Å². The Labute approximate surface area is 91.9 Å². The zero-order chi connectivity index (χ0) is 11.7. The first-order valence-corrected chi connectivity index (χ1v) is 5.13. The van der Waals surface area contributed by atoms with Gasteiger partial charge in [0.25, 0.3) is 0 Å². The van der Waals surface area contributed by atoms with Crippen molar-refractivity contribution in [3.63, 3.8) is 0 Å². The lowest BCUT2D eigenvalue weighted by atomic mass is 10.2. The van der Waals surface area contributed by atoms with Crippen molar-refractivity contribution in [3.05, 3.63) is 0 Å². The average Bonchev–Trinajstić information content (AvgIpc) is 2.23. The van der Waals surface area contributed by atoms with E-state index in [1.807, 2.05) is 0 Å². The zero-order valence-corrected chi connectivity index (χ0v) is 9.99. The number of aliphatic imine (C=N–C) groups is 1. The Kier molecular flexibility index (Phi) is 7.88. The van der Waals surface area contributed by atoms with Gasteiger partial charge in [-0.2, -0.15) is 5.26 Å². The highest BCUT2D eigenvalue weighted by Crippen LogP contribution is 2.04. The van der Waals surface area contributed by atoms with Crippen LogP contribution in [-0.4, -0.2) is 32.8 Å². The van der Waals surface area contributed by atoms with E-state index in [0.29, 0.717) is 31.0 Å². The maximum absolute atomic E-state index is 8.83. The Morgan fingerprint density at radius 2 is 1.93 bits per heavy atom. The van der Waals surface area contributed by atoms with Gasteiger partial charge >= 0.3 is 0 Å². The van der Waals surface area contributed by atoms with E-state index in [4.69, 9.17) is 14.7 Å². The largest absolute Gasteiger partial charge is 0.356 e. The predicted octanol–water partition coefficient (Wildman–Crippen LogP) is 2.01. The number of hydrogen-bond acceptors (Lipinski definition) is 4. The van der Waals surface area contributed by atoms with E-state index in [0.717, 1.165) is 0 Å². The fourth-order valence-electron chi connectivity index (χ4n) is 1.05. The highest BCUT2D eigenvalue weighted by atomic mass is 16.7. The summed E-state index contributed by atoms with van der Waals surface area (Å²) in [6.45, 7) is 4.85. The number of nitrogens with zero attached hydrogens (tertiary/aromatic N) is 2. The van der Waals surface area contributed by atoms with E-state index in [9.17, 15) is 0 Å². The molecule has 0 aromatic rings. The van der Waals surface area contributed by atoms with Crippen molar-refractivity contribution in [2.24, 2.45) is 10.9 Å². The van der Waals surface area contributed by atoms with Gasteiger partial charge < -0.3 is 9.47 Å².